The summed E-state index contributed by atoms with van der Waals surface area (Å²) in [6, 6.07) is 0. The van der Waals surface area contributed by atoms with Crippen LogP contribution < -0.4 is 103 Å². The molecule has 0 N–H and O–H groups in total. The molecule has 60 valence electrons. The van der Waals surface area contributed by atoms with Crippen molar-refractivity contribution in [3.8, 4) is 0 Å². The molecule has 0 rings (SSSR count). The molecule has 0 bridgehead atoms. The molecule has 0 saturated heterocycles. The molecule has 0 heterocycles. The number of hydrogen-bond donors (Lipinski definition) is 0. The molecular formula is C5H8K2O5. The van der Waals surface area contributed by atoms with Crippen molar-refractivity contribution >= 4 is 18.1 Å². The zero-order valence-corrected chi connectivity index (χ0v) is 13.8. The summed E-state index contributed by atoms with van der Waals surface area (Å²) in [6.07, 6.45) is -1.29. The zero-order valence-electron chi connectivity index (χ0n) is 9.54. The Morgan fingerprint density at radius 3 is 1.33 bits per heavy atom. The van der Waals surface area contributed by atoms with E-state index in [1.54, 1.807) is 0 Å². The van der Waals surface area contributed by atoms with Crippen molar-refractivity contribution < 1.29 is 129 Å². The SMILES string of the molecule is CC(=O)OC(=O)OC(C)=O.[H-].[H-].[K+].[K+]. The summed E-state index contributed by atoms with van der Waals surface area (Å²) in [4.78, 5) is 30.2. The van der Waals surface area contributed by atoms with Crippen LogP contribution in [0, 0.1) is 0 Å². The average molecular weight is 226 g/mol. The van der Waals surface area contributed by atoms with E-state index in [-0.39, 0.29) is 106 Å². The first-order valence-corrected chi connectivity index (χ1v) is 2.43. The Labute approximate surface area is 158 Å². The molecule has 0 spiro atoms. The summed E-state index contributed by atoms with van der Waals surface area (Å²) in [5.41, 5.74) is 0. The first kappa shape index (κ1) is 19.5. The van der Waals surface area contributed by atoms with Crippen molar-refractivity contribution in [2.24, 2.45) is 0 Å². The molecule has 0 unspecified atom stereocenters. The van der Waals surface area contributed by atoms with Crippen LogP contribution in [0.4, 0.5) is 4.79 Å². The van der Waals surface area contributed by atoms with E-state index in [1.165, 1.54) is 0 Å². The Hall–Kier alpha value is 1.88. The van der Waals surface area contributed by atoms with Crippen LogP contribution in [-0.2, 0) is 19.1 Å². The minimum atomic E-state index is -1.29. The number of ether oxygens (including phenoxy) is 2. The Morgan fingerprint density at radius 1 is 0.917 bits per heavy atom. The van der Waals surface area contributed by atoms with Gasteiger partial charge >= 0.3 is 121 Å². The fourth-order valence-corrected chi connectivity index (χ4v) is 0.256. The average Bonchev–Trinajstić information content (AvgIpc) is 1.58. The van der Waals surface area contributed by atoms with E-state index in [0.717, 1.165) is 13.8 Å². The van der Waals surface area contributed by atoms with Gasteiger partial charge in [-0.15, -0.1) is 0 Å². The van der Waals surface area contributed by atoms with Crippen molar-refractivity contribution in [3.63, 3.8) is 0 Å². The van der Waals surface area contributed by atoms with Crippen molar-refractivity contribution in [2.45, 2.75) is 13.8 Å². The Bertz CT molecular complexity index is 169. The van der Waals surface area contributed by atoms with E-state index in [2.05, 4.69) is 9.47 Å². The van der Waals surface area contributed by atoms with Crippen LogP contribution in [0.25, 0.3) is 0 Å². The fraction of sp³-hybridized carbons (Fsp3) is 0.400. The van der Waals surface area contributed by atoms with E-state index in [1.807, 2.05) is 0 Å². The quantitative estimate of drug-likeness (QED) is 0.234. The Balaban J connectivity index is -0.0000000675. The molecule has 0 amide bonds. The van der Waals surface area contributed by atoms with Gasteiger partial charge < -0.3 is 12.3 Å². The van der Waals surface area contributed by atoms with Gasteiger partial charge in [-0.05, 0) is 0 Å². The monoisotopic (exact) mass is 226 g/mol. The zero-order chi connectivity index (χ0) is 8.15. The second-order valence-electron chi connectivity index (χ2n) is 1.44. The van der Waals surface area contributed by atoms with Gasteiger partial charge in [0.2, 0.25) is 0 Å². The first-order chi connectivity index (χ1) is 4.52. The third-order valence-electron chi connectivity index (χ3n) is 0.454. The van der Waals surface area contributed by atoms with Gasteiger partial charge in [0, 0.05) is 13.8 Å². The van der Waals surface area contributed by atoms with E-state index < -0.39 is 18.1 Å². The minimum Gasteiger partial charge on any atom is -1.00 e. The maximum Gasteiger partial charge on any atom is 1.00 e. The van der Waals surface area contributed by atoms with Crippen LogP contribution in [0.5, 0.6) is 0 Å². The molecule has 0 aliphatic heterocycles. The van der Waals surface area contributed by atoms with E-state index in [9.17, 15) is 14.4 Å². The molecule has 7 heteroatoms. The minimum absolute atomic E-state index is 0. The summed E-state index contributed by atoms with van der Waals surface area (Å²) in [5, 5.41) is 0. The summed E-state index contributed by atoms with van der Waals surface area (Å²) >= 11 is 0. The molecule has 0 fully saturated rings. The van der Waals surface area contributed by atoms with Gasteiger partial charge in [0.25, 0.3) is 0 Å². The van der Waals surface area contributed by atoms with Gasteiger partial charge in [0.1, 0.15) is 0 Å². The van der Waals surface area contributed by atoms with Crippen LogP contribution >= 0.6 is 0 Å². The van der Waals surface area contributed by atoms with Gasteiger partial charge in [0.15, 0.2) is 0 Å². The first-order valence-electron chi connectivity index (χ1n) is 2.43. The Morgan fingerprint density at radius 2 is 1.17 bits per heavy atom. The molecule has 0 aromatic carbocycles. The fourth-order valence-electron chi connectivity index (χ4n) is 0.256. The van der Waals surface area contributed by atoms with Gasteiger partial charge in [-0.1, -0.05) is 0 Å². The second-order valence-corrected chi connectivity index (χ2v) is 1.44. The molecule has 0 aliphatic rings. The predicted molar refractivity (Wildman–Crippen MR) is 31.2 cm³/mol. The summed E-state index contributed by atoms with van der Waals surface area (Å²) in [6.45, 7) is 2.06. The molecule has 12 heavy (non-hydrogen) atoms. The molecule has 0 atom stereocenters. The van der Waals surface area contributed by atoms with Crippen molar-refractivity contribution in [1.29, 1.82) is 0 Å². The number of rotatable bonds is 0. The molecule has 0 radical (unpaired) electrons. The van der Waals surface area contributed by atoms with Crippen LogP contribution in [0.2, 0.25) is 0 Å². The normalized spacial score (nSPS) is 6.83. The van der Waals surface area contributed by atoms with Crippen LogP contribution in [0.15, 0.2) is 0 Å². The third kappa shape index (κ3) is 14.4. The number of hydrogen-bond acceptors (Lipinski definition) is 5. The Kier molecular flexibility index (Phi) is 17.8. The maximum atomic E-state index is 10.2. The van der Waals surface area contributed by atoms with Gasteiger partial charge in [-0.3, -0.25) is 9.59 Å². The standard InChI is InChI=1S/C5H6O5.2K.2H/c1-3(6)9-5(8)10-4(2)7;;;;/h1-2H3;;;;/q;2*+1;2*-1. The van der Waals surface area contributed by atoms with Crippen LogP contribution in [-0.4, -0.2) is 18.1 Å². The molecule has 0 saturated carbocycles. The van der Waals surface area contributed by atoms with Crippen molar-refractivity contribution in [3.05, 3.63) is 0 Å². The van der Waals surface area contributed by atoms with Crippen LogP contribution in [0.3, 0.4) is 0 Å². The summed E-state index contributed by atoms with van der Waals surface area (Å²) in [5.74, 6) is -1.63. The summed E-state index contributed by atoms with van der Waals surface area (Å²) in [7, 11) is 0. The van der Waals surface area contributed by atoms with E-state index in [0.29, 0.717) is 0 Å². The van der Waals surface area contributed by atoms with Gasteiger partial charge in [0.05, 0.1) is 0 Å². The largest absolute Gasteiger partial charge is 1.00 e. The smallest absolute Gasteiger partial charge is 1.00 e. The molecular weight excluding hydrogens is 218 g/mol. The summed E-state index contributed by atoms with van der Waals surface area (Å²) < 4.78 is 7.68. The number of carbonyl (C=O) groups excluding carboxylic acids is 3. The van der Waals surface area contributed by atoms with Gasteiger partial charge in [-0.2, -0.15) is 0 Å². The number of carbonyl (C=O) groups is 3. The maximum absolute atomic E-state index is 10.2. The molecule has 0 aromatic rings. The predicted octanol–water partition coefficient (Wildman–Crippen LogP) is -5.53. The van der Waals surface area contributed by atoms with E-state index >= 15 is 0 Å². The van der Waals surface area contributed by atoms with E-state index in [4.69, 9.17) is 0 Å². The third-order valence-corrected chi connectivity index (χ3v) is 0.454. The van der Waals surface area contributed by atoms with Crippen molar-refractivity contribution in [1.82, 2.24) is 0 Å². The van der Waals surface area contributed by atoms with Crippen LogP contribution in [0.1, 0.15) is 16.7 Å². The second kappa shape index (κ2) is 11.0. The molecule has 0 aliphatic carbocycles. The topological polar surface area (TPSA) is 69.7 Å². The number of esters is 2. The van der Waals surface area contributed by atoms with Crippen molar-refractivity contribution in [2.75, 3.05) is 0 Å². The van der Waals surface area contributed by atoms with Gasteiger partial charge in [-0.25, -0.2) is 4.79 Å². The molecule has 0 aromatic heterocycles. The molecule has 5 nitrogen and oxygen atoms in total.